The summed E-state index contributed by atoms with van der Waals surface area (Å²) in [4.78, 5) is 23.1. The number of hydrogen-bond acceptors (Lipinski definition) is 3. The van der Waals surface area contributed by atoms with Gasteiger partial charge in [-0.25, -0.2) is 0 Å². The van der Waals surface area contributed by atoms with Gasteiger partial charge in [0.05, 0.1) is 12.6 Å². The Hall–Kier alpha value is -2.30. The third kappa shape index (κ3) is 5.56. The van der Waals surface area contributed by atoms with E-state index in [9.17, 15) is 9.59 Å². The maximum absolute atomic E-state index is 11.8. The van der Waals surface area contributed by atoms with Crippen LogP contribution in [0, 0.1) is 0 Å². The van der Waals surface area contributed by atoms with Crippen LogP contribution in [0.3, 0.4) is 0 Å². The number of hydrogen-bond donors (Lipinski definition) is 2. The lowest BCUT2D eigenvalue weighted by atomic mass is 10.2. The molecule has 0 atom stereocenters. The zero-order chi connectivity index (χ0) is 15.0. The molecule has 0 saturated carbocycles. The lowest BCUT2D eigenvalue weighted by molar-refractivity contribution is -0.119. The molecule has 0 aliphatic heterocycles. The summed E-state index contributed by atoms with van der Waals surface area (Å²) < 4.78 is 5.49. The minimum Gasteiger partial charge on any atom is -0.491 e. The molecule has 0 bridgehead atoms. The fourth-order valence-electron chi connectivity index (χ4n) is 1.47. The Morgan fingerprint density at radius 3 is 2.45 bits per heavy atom. The molecule has 2 N–H and O–H groups in total. The Kier molecular flexibility index (Phi) is 6.29. The normalized spacial score (nSPS) is 9.95. The first-order chi connectivity index (χ1) is 9.52. The summed E-state index contributed by atoms with van der Waals surface area (Å²) in [6.07, 6.45) is 1.66. The SMILES string of the molecule is C=CCNC(=O)CNC(=O)c1ccc(OC(C)C)cc1. The van der Waals surface area contributed by atoms with Gasteiger partial charge in [-0.1, -0.05) is 6.08 Å². The van der Waals surface area contributed by atoms with Crippen LogP contribution in [0.1, 0.15) is 24.2 Å². The summed E-state index contributed by atoms with van der Waals surface area (Å²) in [5.41, 5.74) is 0.484. The molecule has 0 saturated heterocycles. The standard InChI is InChI=1S/C15H20N2O3/c1-4-9-16-14(18)10-17-15(19)12-5-7-13(8-6-12)20-11(2)3/h4-8,11H,1,9-10H2,2-3H3,(H,16,18)(H,17,19). The van der Waals surface area contributed by atoms with Gasteiger partial charge in [-0.05, 0) is 38.1 Å². The molecule has 1 aromatic rings. The third-order valence-corrected chi connectivity index (χ3v) is 2.34. The smallest absolute Gasteiger partial charge is 0.251 e. The van der Waals surface area contributed by atoms with Gasteiger partial charge in [0.1, 0.15) is 5.75 Å². The van der Waals surface area contributed by atoms with Gasteiger partial charge in [-0.2, -0.15) is 0 Å². The maximum atomic E-state index is 11.8. The number of ether oxygens (including phenoxy) is 1. The van der Waals surface area contributed by atoms with Crippen LogP contribution in [0.2, 0.25) is 0 Å². The first-order valence-electron chi connectivity index (χ1n) is 6.45. The maximum Gasteiger partial charge on any atom is 0.251 e. The van der Waals surface area contributed by atoms with Crippen molar-refractivity contribution in [1.82, 2.24) is 10.6 Å². The molecule has 0 aliphatic rings. The van der Waals surface area contributed by atoms with Gasteiger partial charge in [0.2, 0.25) is 5.91 Å². The van der Waals surface area contributed by atoms with E-state index < -0.39 is 0 Å². The van der Waals surface area contributed by atoms with Crippen molar-refractivity contribution in [2.24, 2.45) is 0 Å². The van der Waals surface area contributed by atoms with Crippen molar-refractivity contribution in [2.45, 2.75) is 20.0 Å². The first-order valence-corrected chi connectivity index (χ1v) is 6.45. The zero-order valence-electron chi connectivity index (χ0n) is 11.8. The average Bonchev–Trinajstić information content (AvgIpc) is 2.42. The predicted molar refractivity (Wildman–Crippen MR) is 77.7 cm³/mol. The minimum absolute atomic E-state index is 0.0586. The van der Waals surface area contributed by atoms with Gasteiger partial charge in [0.15, 0.2) is 0 Å². The second-order valence-electron chi connectivity index (χ2n) is 4.47. The number of carbonyl (C=O) groups is 2. The quantitative estimate of drug-likeness (QED) is 0.742. The second-order valence-corrected chi connectivity index (χ2v) is 4.47. The van der Waals surface area contributed by atoms with Crippen molar-refractivity contribution in [3.8, 4) is 5.75 Å². The number of rotatable bonds is 7. The van der Waals surface area contributed by atoms with Crippen molar-refractivity contribution in [3.05, 3.63) is 42.5 Å². The van der Waals surface area contributed by atoms with E-state index in [1.165, 1.54) is 0 Å². The van der Waals surface area contributed by atoms with Crippen LogP contribution in [0.25, 0.3) is 0 Å². The molecule has 20 heavy (non-hydrogen) atoms. The molecular weight excluding hydrogens is 256 g/mol. The monoisotopic (exact) mass is 276 g/mol. The van der Waals surface area contributed by atoms with Crippen molar-refractivity contribution in [2.75, 3.05) is 13.1 Å². The summed E-state index contributed by atoms with van der Waals surface area (Å²) in [5, 5.41) is 5.12. The molecule has 0 aromatic heterocycles. The molecule has 5 heteroatoms. The largest absolute Gasteiger partial charge is 0.491 e. The van der Waals surface area contributed by atoms with Gasteiger partial charge < -0.3 is 15.4 Å². The summed E-state index contributed by atoms with van der Waals surface area (Å²) in [7, 11) is 0. The molecule has 0 aliphatic carbocycles. The van der Waals surface area contributed by atoms with Gasteiger partial charge in [-0.3, -0.25) is 9.59 Å². The van der Waals surface area contributed by atoms with E-state index >= 15 is 0 Å². The number of benzene rings is 1. The van der Waals surface area contributed by atoms with E-state index in [1.807, 2.05) is 13.8 Å². The van der Waals surface area contributed by atoms with Gasteiger partial charge >= 0.3 is 0 Å². The fraction of sp³-hybridized carbons (Fsp3) is 0.333. The molecule has 0 radical (unpaired) electrons. The van der Waals surface area contributed by atoms with E-state index in [-0.39, 0.29) is 24.5 Å². The third-order valence-electron chi connectivity index (χ3n) is 2.34. The van der Waals surface area contributed by atoms with Gasteiger partial charge in [0, 0.05) is 12.1 Å². The predicted octanol–water partition coefficient (Wildman–Crippen LogP) is 1.51. The van der Waals surface area contributed by atoms with Crippen LogP contribution in [0.5, 0.6) is 5.75 Å². The van der Waals surface area contributed by atoms with Gasteiger partial charge in [0.25, 0.3) is 5.91 Å². The highest BCUT2D eigenvalue weighted by Crippen LogP contribution is 2.13. The number of amides is 2. The van der Waals surface area contributed by atoms with Crippen molar-refractivity contribution < 1.29 is 14.3 Å². The van der Waals surface area contributed by atoms with E-state index in [2.05, 4.69) is 17.2 Å². The van der Waals surface area contributed by atoms with Crippen LogP contribution in [0.4, 0.5) is 0 Å². The summed E-state index contributed by atoms with van der Waals surface area (Å²) in [6.45, 7) is 7.68. The van der Waals surface area contributed by atoms with E-state index in [1.54, 1.807) is 30.3 Å². The van der Waals surface area contributed by atoms with Crippen LogP contribution >= 0.6 is 0 Å². The zero-order valence-corrected chi connectivity index (χ0v) is 11.8. The van der Waals surface area contributed by atoms with E-state index in [0.717, 1.165) is 0 Å². The number of carbonyl (C=O) groups excluding carboxylic acids is 2. The van der Waals surface area contributed by atoms with Crippen LogP contribution < -0.4 is 15.4 Å². The molecule has 0 heterocycles. The summed E-state index contributed by atoms with van der Waals surface area (Å²) in [5.74, 6) is 0.160. The van der Waals surface area contributed by atoms with Crippen LogP contribution in [0.15, 0.2) is 36.9 Å². The molecular formula is C15H20N2O3. The molecule has 0 spiro atoms. The Bertz CT molecular complexity index is 467. The molecule has 0 fully saturated rings. The highest BCUT2D eigenvalue weighted by Gasteiger charge is 2.08. The topological polar surface area (TPSA) is 67.4 Å². The van der Waals surface area contributed by atoms with E-state index in [4.69, 9.17) is 4.74 Å². The van der Waals surface area contributed by atoms with Crippen molar-refractivity contribution >= 4 is 11.8 Å². The Morgan fingerprint density at radius 2 is 1.90 bits per heavy atom. The molecule has 108 valence electrons. The first kappa shape index (κ1) is 15.8. The van der Waals surface area contributed by atoms with Crippen LogP contribution in [-0.4, -0.2) is 31.0 Å². The molecule has 5 nitrogen and oxygen atoms in total. The fourth-order valence-corrected chi connectivity index (χ4v) is 1.47. The molecule has 1 aromatic carbocycles. The minimum atomic E-state index is -0.296. The summed E-state index contributed by atoms with van der Waals surface area (Å²) >= 11 is 0. The molecule has 2 amide bonds. The average molecular weight is 276 g/mol. The lowest BCUT2D eigenvalue weighted by Crippen LogP contribution is -2.36. The van der Waals surface area contributed by atoms with Gasteiger partial charge in [-0.15, -0.1) is 6.58 Å². The summed E-state index contributed by atoms with van der Waals surface area (Å²) in [6, 6.07) is 6.78. The van der Waals surface area contributed by atoms with Crippen molar-refractivity contribution in [1.29, 1.82) is 0 Å². The highest BCUT2D eigenvalue weighted by atomic mass is 16.5. The highest BCUT2D eigenvalue weighted by molar-refractivity contribution is 5.96. The van der Waals surface area contributed by atoms with Crippen LogP contribution in [-0.2, 0) is 4.79 Å². The molecule has 1 rings (SSSR count). The Labute approximate surface area is 119 Å². The Balaban J connectivity index is 2.47. The second kappa shape index (κ2) is 7.99. The number of nitrogens with one attached hydrogen (secondary N) is 2. The van der Waals surface area contributed by atoms with E-state index in [0.29, 0.717) is 17.9 Å². The van der Waals surface area contributed by atoms with Crippen molar-refractivity contribution in [3.63, 3.8) is 0 Å². The lowest BCUT2D eigenvalue weighted by Gasteiger charge is -2.10. The Morgan fingerprint density at radius 1 is 1.25 bits per heavy atom. The molecule has 0 unspecified atom stereocenters.